The van der Waals surface area contributed by atoms with Crippen molar-refractivity contribution in [3.8, 4) is 0 Å². The summed E-state index contributed by atoms with van der Waals surface area (Å²) in [6, 6.07) is 0. The van der Waals surface area contributed by atoms with Crippen LogP contribution in [0.3, 0.4) is 0 Å². The van der Waals surface area contributed by atoms with Crippen molar-refractivity contribution in [2.75, 3.05) is 13.2 Å². The first-order chi connectivity index (χ1) is 12.8. The van der Waals surface area contributed by atoms with Gasteiger partial charge >= 0.3 is 7.60 Å². The number of hydrogen-bond acceptors (Lipinski definition) is 7. The fourth-order valence-corrected chi connectivity index (χ4v) is 5.58. The average molecular weight is 417 g/mol. The lowest BCUT2D eigenvalue weighted by molar-refractivity contribution is -0.606. The summed E-state index contributed by atoms with van der Waals surface area (Å²) in [7, 11) is -3.55. The normalized spacial score (nSPS) is 15.6. The van der Waals surface area contributed by atoms with E-state index < -0.39 is 30.4 Å². The highest BCUT2D eigenvalue weighted by atomic mass is 31.2. The van der Waals surface area contributed by atoms with Gasteiger partial charge in [0.2, 0.25) is 6.20 Å². The molecular weight excluding hydrogens is 381 g/mol. The molecule has 1 heterocycles. The summed E-state index contributed by atoms with van der Waals surface area (Å²) in [5.41, 5.74) is -0.546. The van der Waals surface area contributed by atoms with Crippen molar-refractivity contribution in [1.82, 2.24) is 10.0 Å². The fraction of sp³-hybridized carbons (Fsp3) is 0.789. The molecule has 0 saturated heterocycles. The van der Waals surface area contributed by atoms with E-state index in [9.17, 15) is 9.77 Å². The highest BCUT2D eigenvalue weighted by molar-refractivity contribution is 7.54. The van der Waals surface area contributed by atoms with Crippen LogP contribution in [-0.2, 0) is 18.5 Å². The number of aromatic nitrogens is 2. The van der Waals surface area contributed by atoms with Crippen molar-refractivity contribution >= 4 is 7.60 Å². The monoisotopic (exact) mass is 417 g/mol. The lowest BCUT2D eigenvalue weighted by Crippen LogP contribution is -2.53. The average Bonchev–Trinajstić information content (AvgIpc) is 2.52. The Balaban J connectivity index is 3.41. The smallest absolute Gasteiger partial charge is 0.350 e. The Morgan fingerprint density at radius 1 is 1.18 bits per heavy atom. The predicted molar refractivity (Wildman–Crippen MR) is 108 cm³/mol. The van der Waals surface area contributed by atoms with Crippen LogP contribution >= 0.6 is 7.60 Å². The lowest BCUT2D eigenvalue weighted by Gasteiger charge is -2.48. The Morgan fingerprint density at radius 2 is 1.71 bits per heavy atom. The molecule has 0 aliphatic heterocycles. The van der Waals surface area contributed by atoms with Gasteiger partial charge in [-0.3, -0.25) is 9.40 Å². The molecule has 1 rings (SSSR count). The van der Waals surface area contributed by atoms with Crippen LogP contribution in [0.5, 0.6) is 0 Å². The molecule has 1 aromatic rings. The zero-order chi connectivity index (χ0) is 21.8. The minimum atomic E-state index is -3.55. The van der Waals surface area contributed by atoms with Crippen molar-refractivity contribution in [2.24, 2.45) is 5.41 Å². The predicted octanol–water partition coefficient (Wildman–Crippen LogP) is 4.45. The Morgan fingerprint density at radius 3 is 2.11 bits per heavy atom. The third-order valence-corrected chi connectivity index (χ3v) is 6.78. The van der Waals surface area contributed by atoms with Crippen LogP contribution < -0.4 is 4.73 Å². The van der Waals surface area contributed by atoms with Gasteiger partial charge in [-0.15, -0.1) is 0 Å². The van der Waals surface area contributed by atoms with Crippen LogP contribution in [0.25, 0.3) is 0 Å². The van der Waals surface area contributed by atoms with E-state index in [0.717, 1.165) is 0 Å². The van der Waals surface area contributed by atoms with E-state index >= 15 is 0 Å². The lowest BCUT2D eigenvalue weighted by atomic mass is 9.94. The summed E-state index contributed by atoms with van der Waals surface area (Å²) in [5.74, 6) is -0.676. The van der Waals surface area contributed by atoms with Crippen molar-refractivity contribution < 1.29 is 23.2 Å². The van der Waals surface area contributed by atoms with Crippen LogP contribution in [0.2, 0.25) is 0 Å². The van der Waals surface area contributed by atoms with Gasteiger partial charge < -0.3 is 14.3 Å². The second-order valence-electron chi connectivity index (χ2n) is 8.70. The minimum absolute atomic E-state index is 0.258. The van der Waals surface area contributed by atoms with Crippen LogP contribution in [0.1, 0.15) is 74.1 Å². The van der Waals surface area contributed by atoms with E-state index in [4.69, 9.17) is 13.9 Å². The summed E-state index contributed by atoms with van der Waals surface area (Å²) in [4.78, 5) is 10.5. The van der Waals surface area contributed by atoms with E-state index in [2.05, 4.69) is 4.98 Å². The van der Waals surface area contributed by atoms with Crippen LogP contribution in [0.15, 0.2) is 18.6 Å². The van der Waals surface area contributed by atoms with E-state index in [1.165, 1.54) is 18.6 Å². The van der Waals surface area contributed by atoms with E-state index in [1.807, 2.05) is 41.5 Å². The molecule has 2 atom stereocenters. The maximum absolute atomic E-state index is 13.8. The molecule has 0 spiro atoms. The molecule has 0 aromatic carbocycles. The topological polar surface area (TPSA) is 87.8 Å². The van der Waals surface area contributed by atoms with Gasteiger partial charge in [0.1, 0.15) is 17.6 Å². The van der Waals surface area contributed by atoms with E-state index in [-0.39, 0.29) is 13.2 Å². The maximum Gasteiger partial charge on any atom is 0.350 e. The summed E-state index contributed by atoms with van der Waals surface area (Å²) in [5, 5.41) is 13.3. The van der Waals surface area contributed by atoms with Crippen molar-refractivity contribution in [3.05, 3.63) is 29.5 Å². The van der Waals surface area contributed by atoms with Gasteiger partial charge in [-0.05, 0) is 47.0 Å². The maximum atomic E-state index is 13.8. The molecule has 0 N–H and O–H groups in total. The molecule has 0 aliphatic carbocycles. The van der Waals surface area contributed by atoms with Crippen LogP contribution in [-0.4, -0.2) is 34.6 Å². The summed E-state index contributed by atoms with van der Waals surface area (Å²) in [6.45, 7) is 17.7. The van der Waals surface area contributed by atoms with Gasteiger partial charge in [-0.1, -0.05) is 20.8 Å². The molecule has 0 aliphatic rings. The first-order valence-electron chi connectivity index (χ1n) is 9.66. The molecule has 0 radical (unpaired) electrons. The third-order valence-electron chi connectivity index (χ3n) is 3.96. The Hall–Kier alpha value is -1.05. The number of rotatable bonds is 9. The molecule has 1 aromatic heterocycles. The molecule has 28 heavy (non-hydrogen) atoms. The van der Waals surface area contributed by atoms with Crippen LogP contribution in [0, 0.1) is 10.6 Å². The minimum Gasteiger partial charge on any atom is -0.619 e. The quantitative estimate of drug-likeness (QED) is 0.254. The summed E-state index contributed by atoms with van der Waals surface area (Å²) >= 11 is 0. The molecule has 8 nitrogen and oxygen atoms in total. The molecule has 0 fully saturated rings. The van der Waals surface area contributed by atoms with Gasteiger partial charge in [0, 0.05) is 5.54 Å². The number of hydroxylamine groups is 2. The number of hydrogen-bond donors (Lipinski definition) is 0. The van der Waals surface area contributed by atoms with Gasteiger partial charge in [-0.25, -0.2) is 4.98 Å². The fourth-order valence-electron chi connectivity index (χ4n) is 2.90. The Kier molecular flexibility index (Phi) is 8.60. The second-order valence-corrected chi connectivity index (χ2v) is 10.8. The highest BCUT2D eigenvalue weighted by Gasteiger charge is 2.51. The van der Waals surface area contributed by atoms with E-state index in [1.54, 1.807) is 25.8 Å². The number of nitrogens with zero attached hydrogens (tertiary/aromatic N) is 3. The summed E-state index contributed by atoms with van der Waals surface area (Å²) in [6.07, 6.45) is 3.56. The zero-order valence-electron chi connectivity index (χ0n) is 18.6. The molecule has 162 valence electrons. The van der Waals surface area contributed by atoms with Crippen molar-refractivity contribution in [2.45, 2.75) is 79.7 Å². The molecule has 9 heteroatoms. The van der Waals surface area contributed by atoms with Crippen molar-refractivity contribution in [3.63, 3.8) is 0 Å². The first kappa shape index (κ1) is 25.0. The van der Waals surface area contributed by atoms with Gasteiger partial charge in [0.05, 0.1) is 19.4 Å². The molecule has 0 saturated carbocycles. The molecule has 0 amide bonds. The first-order valence-corrected chi connectivity index (χ1v) is 11.3. The summed E-state index contributed by atoms with van der Waals surface area (Å²) < 4.78 is 25.8. The SMILES string of the molecule is CCOP(=O)(OCC)[C@@H](N(O[C@@H](C)c1c[n+]([O-])ccn1)C(C)(C)C)C(C)(C)C. The highest BCUT2D eigenvalue weighted by Crippen LogP contribution is 2.61. The van der Waals surface area contributed by atoms with Gasteiger partial charge in [0.25, 0.3) is 0 Å². The molecule has 0 unspecified atom stereocenters. The van der Waals surface area contributed by atoms with E-state index in [0.29, 0.717) is 10.4 Å². The largest absolute Gasteiger partial charge is 0.619 e. The van der Waals surface area contributed by atoms with Crippen molar-refractivity contribution in [1.29, 1.82) is 0 Å². The molecule has 0 bridgehead atoms. The van der Waals surface area contributed by atoms with Gasteiger partial charge in [0.15, 0.2) is 6.20 Å². The Labute approximate surface area is 169 Å². The van der Waals surface area contributed by atoms with Crippen LogP contribution in [0.4, 0.5) is 0 Å². The second kappa shape index (κ2) is 9.63. The third kappa shape index (κ3) is 6.49. The zero-order valence-corrected chi connectivity index (χ0v) is 19.5. The van der Waals surface area contributed by atoms with Gasteiger partial charge in [-0.2, -0.15) is 9.79 Å². The Bertz CT molecular complexity index is 662. The standard InChI is InChI=1S/C19H36N3O5P/c1-10-25-28(24,26-11-2)17(18(4,5)6)22(19(7,8)9)27-15(3)16-14-21(23)13-12-20-16/h12-15,17H,10-11H2,1-9H3/t15-,17+/m0/s1. The molecular formula is C19H36N3O5P.